The fourth-order valence-corrected chi connectivity index (χ4v) is 6.44. The number of rotatable bonds is 0. The molecule has 114 valence electrons. The number of aromatic nitrogens is 1. The largest absolute Gasteiger partial charge is 0.461 e. The second-order valence-electron chi connectivity index (χ2n) is 7.58. The number of hydrogen-bond acceptors (Lipinski definition) is 4. The molecule has 0 aromatic carbocycles. The van der Waals surface area contributed by atoms with Crippen molar-refractivity contribution in [3.8, 4) is 0 Å². The Hall–Kier alpha value is -0.900. The maximum atomic E-state index is 12.0. The summed E-state index contributed by atoms with van der Waals surface area (Å²) in [6.07, 6.45) is 3.56. The van der Waals surface area contributed by atoms with Gasteiger partial charge in [-0.05, 0) is 31.6 Å². The first kappa shape index (κ1) is 13.7. The molecule has 1 saturated carbocycles. The third-order valence-electron chi connectivity index (χ3n) is 6.26. The Balaban J connectivity index is 1.78. The van der Waals surface area contributed by atoms with Gasteiger partial charge in [0.2, 0.25) is 0 Å². The zero-order chi connectivity index (χ0) is 14.9. The fourth-order valence-electron chi connectivity index (χ4n) is 5.20. The van der Waals surface area contributed by atoms with Crippen LogP contribution in [0.1, 0.15) is 55.1 Å². The second kappa shape index (κ2) is 4.31. The predicted octanol–water partition coefficient (Wildman–Crippen LogP) is 3.71. The Morgan fingerprint density at radius 3 is 2.86 bits per heavy atom. The summed E-state index contributed by atoms with van der Waals surface area (Å²) in [5.74, 6) is 1.33. The molecule has 6 unspecified atom stereocenters. The minimum absolute atomic E-state index is 0.0155. The van der Waals surface area contributed by atoms with Crippen molar-refractivity contribution in [3.05, 3.63) is 15.6 Å². The lowest BCUT2D eigenvalue weighted by Gasteiger charge is -2.51. The van der Waals surface area contributed by atoms with Crippen molar-refractivity contribution in [2.24, 2.45) is 23.2 Å². The van der Waals surface area contributed by atoms with Crippen LogP contribution in [0.15, 0.2) is 0 Å². The molecule has 2 aliphatic carbocycles. The Labute approximate surface area is 130 Å². The third-order valence-corrected chi connectivity index (χ3v) is 7.25. The summed E-state index contributed by atoms with van der Waals surface area (Å²) < 4.78 is 5.84. The second-order valence-corrected chi connectivity index (χ2v) is 8.87. The van der Waals surface area contributed by atoms with Gasteiger partial charge in [0, 0.05) is 22.6 Å². The first-order valence-corrected chi connectivity index (χ1v) is 8.89. The quantitative estimate of drug-likeness (QED) is 0.686. The van der Waals surface area contributed by atoms with Crippen LogP contribution in [0.3, 0.4) is 0 Å². The average Bonchev–Trinajstić information content (AvgIpc) is 2.90. The average molecular weight is 305 g/mol. The molecule has 1 saturated heterocycles. The van der Waals surface area contributed by atoms with Crippen LogP contribution in [0, 0.1) is 30.1 Å². The molecule has 1 aromatic rings. The van der Waals surface area contributed by atoms with Crippen LogP contribution >= 0.6 is 11.3 Å². The van der Waals surface area contributed by atoms with Crippen molar-refractivity contribution in [3.63, 3.8) is 0 Å². The van der Waals surface area contributed by atoms with Crippen LogP contribution in [0.4, 0.5) is 0 Å². The van der Waals surface area contributed by atoms with E-state index >= 15 is 0 Å². The van der Waals surface area contributed by atoms with Gasteiger partial charge in [-0.3, -0.25) is 4.79 Å². The van der Waals surface area contributed by atoms with Gasteiger partial charge >= 0.3 is 5.97 Å². The number of carbonyl (C=O) groups excluding carboxylic acids is 1. The topological polar surface area (TPSA) is 39.2 Å². The first-order chi connectivity index (χ1) is 9.90. The van der Waals surface area contributed by atoms with E-state index in [1.807, 2.05) is 18.3 Å². The third kappa shape index (κ3) is 1.77. The molecule has 21 heavy (non-hydrogen) atoms. The van der Waals surface area contributed by atoms with E-state index in [4.69, 9.17) is 9.72 Å². The molecular weight excluding hydrogens is 282 g/mol. The Kier molecular flexibility index (Phi) is 2.82. The number of carbonyl (C=O) groups is 1. The van der Waals surface area contributed by atoms with Crippen molar-refractivity contribution in [1.82, 2.24) is 4.98 Å². The highest BCUT2D eigenvalue weighted by molar-refractivity contribution is 7.11. The number of fused-ring (bicyclic) bond motifs is 4. The maximum Gasteiger partial charge on any atom is 0.309 e. The van der Waals surface area contributed by atoms with Crippen molar-refractivity contribution in [2.45, 2.75) is 59.0 Å². The van der Waals surface area contributed by atoms with Gasteiger partial charge in [0.15, 0.2) is 0 Å². The van der Waals surface area contributed by atoms with E-state index in [2.05, 4.69) is 20.8 Å². The van der Waals surface area contributed by atoms with E-state index in [1.54, 1.807) is 0 Å². The molecule has 2 fully saturated rings. The van der Waals surface area contributed by atoms with Gasteiger partial charge in [0.1, 0.15) is 6.10 Å². The molecule has 1 aliphatic heterocycles. The molecule has 2 heterocycles. The standard InChI is InChI=1S/C17H23NO2S/c1-8-11-5-6-17(4)7-12-14(18-10(3)21-12)9(2)13(17)15(11)20-16(8)19/h8-9,11,13,15H,5-7H2,1-4H3. The van der Waals surface area contributed by atoms with E-state index in [1.165, 1.54) is 22.0 Å². The molecule has 0 amide bonds. The van der Waals surface area contributed by atoms with E-state index in [0.29, 0.717) is 17.8 Å². The number of nitrogens with zero attached hydrogens (tertiary/aromatic N) is 1. The number of aryl methyl sites for hydroxylation is 1. The number of ether oxygens (including phenoxy) is 1. The van der Waals surface area contributed by atoms with Crippen LogP contribution in [-0.2, 0) is 16.0 Å². The summed E-state index contributed by atoms with van der Waals surface area (Å²) >= 11 is 1.86. The highest BCUT2D eigenvalue weighted by Gasteiger charge is 2.58. The number of thiazole rings is 1. The van der Waals surface area contributed by atoms with E-state index < -0.39 is 0 Å². The fraction of sp³-hybridized carbons (Fsp3) is 0.765. The molecule has 4 heteroatoms. The Morgan fingerprint density at radius 2 is 2.10 bits per heavy atom. The van der Waals surface area contributed by atoms with E-state index in [-0.39, 0.29) is 23.4 Å². The van der Waals surface area contributed by atoms with Crippen molar-refractivity contribution in [2.75, 3.05) is 0 Å². The lowest BCUT2D eigenvalue weighted by atomic mass is 9.54. The molecule has 3 aliphatic rings. The van der Waals surface area contributed by atoms with Gasteiger partial charge in [-0.15, -0.1) is 11.3 Å². The van der Waals surface area contributed by atoms with Gasteiger partial charge in [-0.25, -0.2) is 4.98 Å². The van der Waals surface area contributed by atoms with Crippen molar-refractivity contribution < 1.29 is 9.53 Å². The molecule has 0 radical (unpaired) electrons. The van der Waals surface area contributed by atoms with E-state index in [0.717, 1.165) is 12.8 Å². The predicted molar refractivity (Wildman–Crippen MR) is 82.3 cm³/mol. The summed E-state index contributed by atoms with van der Waals surface area (Å²) in [6.45, 7) is 8.84. The highest BCUT2D eigenvalue weighted by Crippen LogP contribution is 2.59. The first-order valence-electron chi connectivity index (χ1n) is 8.07. The molecule has 0 spiro atoms. The molecular formula is C17H23NO2S. The van der Waals surface area contributed by atoms with Gasteiger partial charge in [0.05, 0.1) is 16.6 Å². The van der Waals surface area contributed by atoms with Crippen molar-refractivity contribution >= 4 is 17.3 Å². The lowest BCUT2D eigenvalue weighted by Crippen LogP contribution is -2.50. The minimum Gasteiger partial charge on any atom is -0.461 e. The van der Waals surface area contributed by atoms with Crippen LogP contribution in [-0.4, -0.2) is 17.1 Å². The maximum absolute atomic E-state index is 12.0. The lowest BCUT2D eigenvalue weighted by molar-refractivity contribution is -0.149. The van der Waals surface area contributed by atoms with Crippen LogP contribution in [0.2, 0.25) is 0 Å². The summed E-state index contributed by atoms with van der Waals surface area (Å²) in [7, 11) is 0. The molecule has 0 N–H and O–H groups in total. The SMILES string of the molecule is Cc1nc2c(s1)CC1(C)CCC3C(C)C(=O)OC3C1C2C. The Morgan fingerprint density at radius 1 is 1.33 bits per heavy atom. The zero-order valence-electron chi connectivity index (χ0n) is 13.2. The van der Waals surface area contributed by atoms with Crippen LogP contribution in [0.25, 0.3) is 0 Å². The summed E-state index contributed by atoms with van der Waals surface area (Å²) in [5.41, 5.74) is 1.54. The van der Waals surface area contributed by atoms with Gasteiger partial charge in [-0.2, -0.15) is 0 Å². The summed E-state index contributed by atoms with van der Waals surface area (Å²) in [6, 6.07) is 0. The smallest absolute Gasteiger partial charge is 0.309 e. The molecule has 0 bridgehead atoms. The summed E-state index contributed by atoms with van der Waals surface area (Å²) in [4.78, 5) is 18.3. The molecule has 1 aromatic heterocycles. The minimum atomic E-state index is 0.0155. The number of esters is 1. The highest BCUT2D eigenvalue weighted by atomic mass is 32.1. The molecule has 4 rings (SSSR count). The normalized spacial score (nSPS) is 44.8. The van der Waals surface area contributed by atoms with Gasteiger partial charge in [-0.1, -0.05) is 20.8 Å². The van der Waals surface area contributed by atoms with Crippen molar-refractivity contribution in [1.29, 1.82) is 0 Å². The monoisotopic (exact) mass is 305 g/mol. The van der Waals surface area contributed by atoms with E-state index in [9.17, 15) is 4.79 Å². The molecule has 3 nitrogen and oxygen atoms in total. The number of hydrogen-bond donors (Lipinski definition) is 0. The zero-order valence-corrected chi connectivity index (χ0v) is 14.0. The Bertz CT molecular complexity index is 610. The van der Waals surface area contributed by atoms with Crippen LogP contribution < -0.4 is 0 Å². The molecule has 6 atom stereocenters. The summed E-state index contributed by atoms with van der Waals surface area (Å²) in [5, 5.41) is 1.17. The van der Waals surface area contributed by atoms with Crippen LogP contribution in [0.5, 0.6) is 0 Å². The van der Waals surface area contributed by atoms with Gasteiger partial charge < -0.3 is 4.74 Å². The van der Waals surface area contributed by atoms with Gasteiger partial charge in [0.25, 0.3) is 0 Å².